The monoisotopic (exact) mass is 260 g/mol. The molecular weight excluding hydrogens is 248 g/mol. The van der Waals surface area contributed by atoms with Crippen LogP contribution in [0.15, 0.2) is 21.5 Å². The van der Waals surface area contributed by atoms with Crippen LogP contribution in [0.5, 0.6) is 5.75 Å². The minimum absolute atomic E-state index is 0.731. The van der Waals surface area contributed by atoms with Crippen molar-refractivity contribution in [3.63, 3.8) is 0 Å². The van der Waals surface area contributed by atoms with Gasteiger partial charge in [0, 0.05) is 4.90 Å². The zero-order valence-corrected chi connectivity index (χ0v) is 10.3. The van der Waals surface area contributed by atoms with Crippen molar-refractivity contribution in [1.82, 2.24) is 0 Å². The largest absolute Gasteiger partial charge is 0.491 e. The first-order chi connectivity index (χ1) is 6.15. The Morgan fingerprint density at radius 1 is 1.46 bits per heavy atom. The van der Waals surface area contributed by atoms with E-state index in [2.05, 4.69) is 35.5 Å². The fraction of sp³-hybridized carbons (Fsp3) is 0.400. The normalized spacial score (nSPS) is 10.2. The summed E-state index contributed by atoms with van der Waals surface area (Å²) in [6.07, 6.45) is 1.01. The van der Waals surface area contributed by atoms with Crippen molar-refractivity contribution < 1.29 is 4.74 Å². The number of hydrogen-bond donors (Lipinski definition) is 1. The summed E-state index contributed by atoms with van der Waals surface area (Å²) in [7, 11) is 0. The summed E-state index contributed by atoms with van der Waals surface area (Å²) in [5.74, 6) is 0.843. The lowest BCUT2D eigenvalue weighted by Gasteiger charge is -2.10. The second kappa shape index (κ2) is 4.91. The Morgan fingerprint density at radius 2 is 2.15 bits per heavy atom. The van der Waals surface area contributed by atoms with E-state index in [9.17, 15) is 0 Å². The lowest BCUT2D eigenvalue weighted by atomic mass is 10.2. The van der Waals surface area contributed by atoms with E-state index in [1.165, 1.54) is 5.56 Å². The molecule has 1 aromatic carbocycles. The first kappa shape index (κ1) is 10.9. The van der Waals surface area contributed by atoms with Crippen LogP contribution in [0.4, 0.5) is 0 Å². The molecule has 0 amide bonds. The van der Waals surface area contributed by atoms with Crippen LogP contribution >= 0.6 is 28.6 Å². The summed E-state index contributed by atoms with van der Waals surface area (Å²) in [6.45, 7) is 4.85. The van der Waals surface area contributed by atoms with Gasteiger partial charge in [-0.1, -0.05) is 6.92 Å². The van der Waals surface area contributed by atoms with E-state index in [0.717, 1.165) is 28.1 Å². The van der Waals surface area contributed by atoms with Gasteiger partial charge >= 0.3 is 0 Å². The van der Waals surface area contributed by atoms with E-state index in [-0.39, 0.29) is 0 Å². The first-order valence-electron chi connectivity index (χ1n) is 4.27. The molecule has 0 aliphatic rings. The standard InChI is InChI=1S/C10H13BrOS/c1-3-4-12-10-8(11)5-7(2)6-9(10)13/h5-6,13H,3-4H2,1-2H3. The number of halogens is 1. The van der Waals surface area contributed by atoms with Crippen LogP contribution in [0, 0.1) is 6.92 Å². The molecule has 0 saturated carbocycles. The third-order valence-electron chi connectivity index (χ3n) is 1.62. The molecular formula is C10H13BrOS. The van der Waals surface area contributed by atoms with Crippen molar-refractivity contribution in [3.05, 3.63) is 22.2 Å². The lowest BCUT2D eigenvalue weighted by Crippen LogP contribution is -1.97. The van der Waals surface area contributed by atoms with Gasteiger partial charge in [0.2, 0.25) is 0 Å². The Kier molecular flexibility index (Phi) is 4.13. The van der Waals surface area contributed by atoms with Gasteiger partial charge in [0.15, 0.2) is 0 Å². The number of benzene rings is 1. The summed E-state index contributed by atoms with van der Waals surface area (Å²) < 4.78 is 6.53. The Morgan fingerprint density at radius 3 is 2.69 bits per heavy atom. The van der Waals surface area contributed by atoms with Crippen LogP contribution in [0.2, 0.25) is 0 Å². The molecule has 0 radical (unpaired) electrons. The van der Waals surface area contributed by atoms with E-state index in [0.29, 0.717) is 0 Å². The van der Waals surface area contributed by atoms with Crippen LogP contribution in [-0.4, -0.2) is 6.61 Å². The van der Waals surface area contributed by atoms with Gasteiger partial charge in [-0.2, -0.15) is 0 Å². The van der Waals surface area contributed by atoms with Gasteiger partial charge in [-0.25, -0.2) is 0 Å². The Balaban J connectivity index is 2.92. The number of rotatable bonds is 3. The van der Waals surface area contributed by atoms with Crippen LogP contribution < -0.4 is 4.74 Å². The van der Waals surface area contributed by atoms with E-state index < -0.39 is 0 Å². The minimum atomic E-state index is 0.731. The molecule has 0 heterocycles. The highest BCUT2D eigenvalue weighted by molar-refractivity contribution is 9.10. The summed E-state index contributed by atoms with van der Waals surface area (Å²) in [5.41, 5.74) is 1.18. The summed E-state index contributed by atoms with van der Waals surface area (Å²) >= 11 is 7.81. The number of ether oxygens (including phenoxy) is 1. The van der Waals surface area contributed by atoms with Crippen molar-refractivity contribution in [3.8, 4) is 5.75 Å². The predicted molar refractivity (Wildman–Crippen MR) is 61.9 cm³/mol. The van der Waals surface area contributed by atoms with Gasteiger partial charge in [-0.3, -0.25) is 0 Å². The molecule has 72 valence electrons. The number of thiol groups is 1. The number of hydrogen-bond acceptors (Lipinski definition) is 2. The second-order valence-electron chi connectivity index (χ2n) is 2.94. The van der Waals surface area contributed by atoms with Gasteiger partial charge in [0.1, 0.15) is 5.75 Å². The van der Waals surface area contributed by atoms with E-state index >= 15 is 0 Å². The molecule has 0 aromatic heterocycles. The fourth-order valence-electron chi connectivity index (χ4n) is 1.06. The Bertz CT molecular complexity index is 276. The highest BCUT2D eigenvalue weighted by Crippen LogP contribution is 2.33. The van der Waals surface area contributed by atoms with Crippen molar-refractivity contribution in [2.75, 3.05) is 6.61 Å². The third-order valence-corrected chi connectivity index (χ3v) is 2.54. The van der Waals surface area contributed by atoms with Crippen molar-refractivity contribution >= 4 is 28.6 Å². The Labute approximate surface area is 93.0 Å². The summed E-state index contributed by atoms with van der Waals surface area (Å²) in [5, 5.41) is 0. The second-order valence-corrected chi connectivity index (χ2v) is 4.28. The Hall–Kier alpha value is -0.150. The van der Waals surface area contributed by atoms with E-state index in [1.807, 2.05) is 19.1 Å². The summed E-state index contributed by atoms with van der Waals surface area (Å²) in [4.78, 5) is 0.889. The zero-order chi connectivity index (χ0) is 9.84. The molecule has 0 saturated heterocycles. The molecule has 0 aliphatic heterocycles. The maximum absolute atomic E-state index is 5.55. The molecule has 1 aromatic rings. The topological polar surface area (TPSA) is 9.23 Å². The van der Waals surface area contributed by atoms with Gasteiger partial charge in [0.05, 0.1) is 11.1 Å². The average Bonchev–Trinajstić information content (AvgIpc) is 2.02. The molecule has 0 spiro atoms. The maximum atomic E-state index is 5.55. The maximum Gasteiger partial charge on any atom is 0.146 e. The molecule has 0 atom stereocenters. The highest BCUT2D eigenvalue weighted by atomic mass is 79.9. The van der Waals surface area contributed by atoms with Gasteiger partial charge < -0.3 is 4.74 Å². The average molecular weight is 261 g/mol. The molecule has 0 fully saturated rings. The molecule has 1 nitrogen and oxygen atoms in total. The molecule has 0 aliphatic carbocycles. The third kappa shape index (κ3) is 2.92. The van der Waals surface area contributed by atoms with E-state index in [4.69, 9.17) is 4.74 Å². The van der Waals surface area contributed by atoms with Crippen LogP contribution in [0.3, 0.4) is 0 Å². The van der Waals surface area contributed by atoms with Crippen molar-refractivity contribution in [2.45, 2.75) is 25.2 Å². The number of aryl methyl sites for hydroxylation is 1. The van der Waals surface area contributed by atoms with Gasteiger partial charge in [-0.15, -0.1) is 12.6 Å². The smallest absolute Gasteiger partial charge is 0.146 e. The van der Waals surface area contributed by atoms with Gasteiger partial charge in [-0.05, 0) is 47.0 Å². The van der Waals surface area contributed by atoms with E-state index in [1.54, 1.807) is 0 Å². The van der Waals surface area contributed by atoms with Gasteiger partial charge in [0.25, 0.3) is 0 Å². The lowest BCUT2D eigenvalue weighted by molar-refractivity contribution is 0.308. The zero-order valence-electron chi connectivity index (χ0n) is 7.80. The van der Waals surface area contributed by atoms with Crippen LogP contribution in [0.1, 0.15) is 18.9 Å². The minimum Gasteiger partial charge on any atom is -0.491 e. The highest BCUT2D eigenvalue weighted by Gasteiger charge is 2.05. The molecule has 1 rings (SSSR count). The SMILES string of the molecule is CCCOc1c(S)cc(C)cc1Br. The van der Waals surface area contributed by atoms with Crippen molar-refractivity contribution in [1.29, 1.82) is 0 Å². The van der Waals surface area contributed by atoms with Crippen LogP contribution in [-0.2, 0) is 0 Å². The summed E-state index contributed by atoms with van der Waals surface area (Å²) in [6, 6.07) is 4.03. The predicted octanol–water partition coefficient (Wildman–Crippen LogP) is 3.84. The molecule has 0 unspecified atom stereocenters. The molecule has 0 bridgehead atoms. The molecule has 0 N–H and O–H groups in total. The molecule has 13 heavy (non-hydrogen) atoms. The molecule has 3 heteroatoms. The quantitative estimate of drug-likeness (QED) is 0.813. The fourth-order valence-corrected chi connectivity index (χ4v) is 2.29. The first-order valence-corrected chi connectivity index (χ1v) is 5.51. The van der Waals surface area contributed by atoms with Crippen LogP contribution in [0.25, 0.3) is 0 Å². The van der Waals surface area contributed by atoms with Crippen molar-refractivity contribution in [2.24, 2.45) is 0 Å².